The molecule has 0 atom stereocenters. The number of hydrogen-bond acceptors (Lipinski definition) is 3. The Morgan fingerprint density at radius 2 is 1.79 bits per heavy atom. The Morgan fingerprint density at radius 1 is 1.16 bits per heavy atom. The van der Waals surface area contributed by atoms with Crippen LogP contribution in [0.3, 0.4) is 0 Å². The fraction of sp³-hybridized carbons (Fsp3) is 0.643. The Bertz CT molecular complexity index is 288. The van der Waals surface area contributed by atoms with Crippen LogP contribution in [-0.4, -0.2) is 36.7 Å². The number of imide groups is 1. The first kappa shape index (κ1) is 19.7. The van der Waals surface area contributed by atoms with Crippen molar-refractivity contribution in [3.8, 4) is 0 Å². The second-order valence-electron chi connectivity index (χ2n) is 3.62. The predicted molar refractivity (Wildman–Crippen MR) is 76.5 cm³/mol. The first-order valence-electron chi connectivity index (χ1n) is 6.74. The van der Waals surface area contributed by atoms with Crippen molar-refractivity contribution in [3.63, 3.8) is 0 Å². The number of rotatable bonds is 8. The first-order valence-corrected chi connectivity index (χ1v) is 6.74. The van der Waals surface area contributed by atoms with Gasteiger partial charge in [-0.05, 0) is 25.8 Å². The molecule has 0 aliphatic heterocycles. The highest BCUT2D eigenvalue weighted by molar-refractivity contribution is 5.94. The molecule has 3 amide bonds. The van der Waals surface area contributed by atoms with E-state index in [1.165, 1.54) is 6.08 Å². The minimum atomic E-state index is -0.297. The van der Waals surface area contributed by atoms with Crippen LogP contribution >= 0.6 is 0 Å². The molecule has 0 bridgehead atoms. The zero-order chi connectivity index (χ0) is 15.1. The van der Waals surface area contributed by atoms with Crippen molar-refractivity contribution in [2.45, 2.75) is 46.5 Å². The molecule has 0 fully saturated rings. The fourth-order valence-corrected chi connectivity index (χ4v) is 1.32. The third-order valence-corrected chi connectivity index (χ3v) is 2.30. The maximum atomic E-state index is 11.3. The van der Waals surface area contributed by atoms with Crippen LogP contribution in [0.5, 0.6) is 0 Å². The molecule has 0 aromatic heterocycles. The molecule has 0 radical (unpaired) electrons. The van der Waals surface area contributed by atoms with Gasteiger partial charge < -0.3 is 5.32 Å². The van der Waals surface area contributed by atoms with Gasteiger partial charge in [0.1, 0.15) is 0 Å². The molecule has 0 aromatic carbocycles. The Hall–Kier alpha value is -1.65. The average molecular weight is 270 g/mol. The third kappa shape index (κ3) is 11.2. The Kier molecular flexibility index (Phi) is 14.9. The summed E-state index contributed by atoms with van der Waals surface area (Å²) in [7, 11) is 1.60. The number of carbonyl (C=O) groups excluding carboxylic acids is 3. The smallest absolute Gasteiger partial charge is 0.252 e. The second-order valence-corrected chi connectivity index (χ2v) is 3.62. The molecule has 0 saturated heterocycles. The summed E-state index contributed by atoms with van der Waals surface area (Å²) in [4.78, 5) is 34.0. The summed E-state index contributed by atoms with van der Waals surface area (Å²) in [5.41, 5.74) is 0. The van der Waals surface area contributed by atoms with Gasteiger partial charge in [0, 0.05) is 20.0 Å². The quantitative estimate of drug-likeness (QED) is 0.416. The largest absolute Gasteiger partial charge is 0.359 e. The van der Waals surface area contributed by atoms with Gasteiger partial charge >= 0.3 is 0 Å². The van der Waals surface area contributed by atoms with Crippen LogP contribution in [0.1, 0.15) is 46.5 Å². The van der Waals surface area contributed by atoms with E-state index in [1.807, 2.05) is 13.8 Å². The first-order chi connectivity index (χ1) is 9.15. The molecular weight excluding hydrogens is 244 g/mol. The van der Waals surface area contributed by atoms with Gasteiger partial charge in [-0.25, -0.2) is 0 Å². The molecule has 0 aromatic rings. The molecule has 5 nitrogen and oxygen atoms in total. The lowest BCUT2D eigenvalue weighted by molar-refractivity contribution is -0.134. The Balaban J connectivity index is 0. The van der Waals surface area contributed by atoms with E-state index in [1.54, 1.807) is 20.0 Å². The van der Waals surface area contributed by atoms with E-state index < -0.39 is 0 Å². The molecular formula is C14H26N2O3. The summed E-state index contributed by atoms with van der Waals surface area (Å²) >= 11 is 0. The van der Waals surface area contributed by atoms with Crippen LogP contribution in [0.15, 0.2) is 12.2 Å². The van der Waals surface area contributed by atoms with E-state index in [9.17, 15) is 14.4 Å². The summed E-state index contributed by atoms with van der Waals surface area (Å²) in [6, 6.07) is 0. The lowest BCUT2D eigenvalue weighted by Crippen LogP contribution is -2.28. The molecule has 0 unspecified atom stereocenters. The van der Waals surface area contributed by atoms with Gasteiger partial charge in [0.15, 0.2) is 0 Å². The molecule has 19 heavy (non-hydrogen) atoms. The number of hydrogen-bond donors (Lipinski definition) is 1. The highest BCUT2D eigenvalue weighted by Gasteiger charge is 2.08. The summed E-state index contributed by atoms with van der Waals surface area (Å²) in [6.45, 7) is 6.13. The number of carbonyl (C=O) groups is 3. The average Bonchev–Trinajstić information content (AvgIpc) is 2.44. The van der Waals surface area contributed by atoms with Gasteiger partial charge in [-0.2, -0.15) is 0 Å². The fourth-order valence-electron chi connectivity index (χ4n) is 1.32. The summed E-state index contributed by atoms with van der Waals surface area (Å²) in [6.07, 6.45) is 6.30. The van der Waals surface area contributed by atoms with E-state index in [2.05, 4.69) is 5.32 Å². The number of amides is 3. The maximum absolute atomic E-state index is 11.3. The number of unbranched alkanes of at least 4 members (excludes halogenated alkanes) is 2. The second kappa shape index (κ2) is 14.4. The summed E-state index contributed by atoms with van der Waals surface area (Å²) in [5, 5.41) is 2.54. The van der Waals surface area contributed by atoms with Crippen molar-refractivity contribution in [2.75, 3.05) is 13.6 Å². The van der Waals surface area contributed by atoms with Crippen molar-refractivity contribution in [3.05, 3.63) is 12.2 Å². The van der Waals surface area contributed by atoms with Gasteiger partial charge in [-0.3, -0.25) is 19.3 Å². The monoisotopic (exact) mass is 270 g/mol. The van der Waals surface area contributed by atoms with Crippen LogP contribution in [0, 0.1) is 0 Å². The van der Waals surface area contributed by atoms with Crippen LogP contribution in [-0.2, 0) is 14.4 Å². The zero-order valence-corrected chi connectivity index (χ0v) is 12.4. The molecule has 0 aliphatic carbocycles. The molecule has 5 heteroatoms. The lowest BCUT2D eigenvalue weighted by Gasteiger charge is -2.12. The molecule has 0 saturated carbocycles. The third-order valence-electron chi connectivity index (χ3n) is 2.30. The van der Waals surface area contributed by atoms with Crippen LogP contribution < -0.4 is 5.32 Å². The van der Waals surface area contributed by atoms with Crippen LogP contribution in [0.2, 0.25) is 0 Å². The maximum Gasteiger partial charge on any atom is 0.252 e. The Labute approximate surface area is 116 Å². The normalized spacial score (nSPS) is 9.47. The van der Waals surface area contributed by atoms with Crippen LogP contribution in [0.4, 0.5) is 0 Å². The van der Waals surface area contributed by atoms with E-state index in [0.717, 1.165) is 24.2 Å². The highest BCUT2D eigenvalue weighted by Crippen LogP contribution is 2.01. The van der Waals surface area contributed by atoms with Gasteiger partial charge in [0.25, 0.3) is 5.91 Å². The molecule has 0 aliphatic rings. The SMILES string of the molecule is C/C=C\C(=O)N(C=O)CCCCCC(=O)NC.CC. The van der Waals surface area contributed by atoms with Crippen LogP contribution in [0.25, 0.3) is 0 Å². The van der Waals surface area contributed by atoms with Crippen molar-refractivity contribution in [2.24, 2.45) is 0 Å². The number of nitrogens with one attached hydrogen (secondary N) is 1. The van der Waals surface area contributed by atoms with E-state index in [0.29, 0.717) is 19.4 Å². The standard InChI is InChI=1S/C12H20N2O3.C2H6/c1-3-7-12(17)14(10-15)9-6-4-5-8-11(16)13-2;1-2/h3,7,10H,4-6,8-9H2,1-2H3,(H,13,16);1-2H3/b7-3-;. The molecule has 0 heterocycles. The van der Waals surface area contributed by atoms with Crippen molar-refractivity contribution < 1.29 is 14.4 Å². The summed E-state index contributed by atoms with van der Waals surface area (Å²) < 4.78 is 0. The van der Waals surface area contributed by atoms with Gasteiger partial charge in [0.05, 0.1) is 0 Å². The number of nitrogens with zero attached hydrogens (tertiary/aromatic N) is 1. The van der Waals surface area contributed by atoms with E-state index in [4.69, 9.17) is 0 Å². The molecule has 110 valence electrons. The van der Waals surface area contributed by atoms with Gasteiger partial charge in [0.2, 0.25) is 12.3 Å². The van der Waals surface area contributed by atoms with Gasteiger partial charge in [-0.1, -0.05) is 26.3 Å². The van der Waals surface area contributed by atoms with E-state index >= 15 is 0 Å². The highest BCUT2D eigenvalue weighted by atomic mass is 16.2. The minimum Gasteiger partial charge on any atom is -0.359 e. The van der Waals surface area contributed by atoms with Gasteiger partial charge in [-0.15, -0.1) is 0 Å². The zero-order valence-electron chi connectivity index (χ0n) is 12.4. The molecule has 0 spiro atoms. The molecule has 0 rings (SSSR count). The Morgan fingerprint density at radius 3 is 2.26 bits per heavy atom. The van der Waals surface area contributed by atoms with Crippen molar-refractivity contribution in [1.82, 2.24) is 10.2 Å². The number of allylic oxidation sites excluding steroid dienone is 1. The summed E-state index contributed by atoms with van der Waals surface area (Å²) in [5.74, 6) is -0.281. The molecule has 1 N–H and O–H groups in total. The predicted octanol–water partition coefficient (Wildman–Crippen LogP) is 1.88. The topological polar surface area (TPSA) is 66.5 Å². The van der Waals surface area contributed by atoms with Crippen molar-refractivity contribution in [1.29, 1.82) is 0 Å². The van der Waals surface area contributed by atoms with Crippen molar-refractivity contribution >= 4 is 18.2 Å². The minimum absolute atomic E-state index is 0.0160. The lowest BCUT2D eigenvalue weighted by atomic mass is 10.2. The van der Waals surface area contributed by atoms with E-state index in [-0.39, 0.29) is 11.8 Å².